The monoisotopic (exact) mass is 289 g/mol. The van der Waals surface area contributed by atoms with Gasteiger partial charge in [-0.2, -0.15) is 0 Å². The van der Waals surface area contributed by atoms with Gasteiger partial charge < -0.3 is 5.32 Å². The third-order valence-electron chi connectivity index (χ3n) is 2.94. The van der Waals surface area contributed by atoms with Crippen LogP contribution in [0.4, 0.5) is 0 Å². The Kier molecular flexibility index (Phi) is 4.21. The van der Waals surface area contributed by atoms with E-state index in [0.29, 0.717) is 11.1 Å². The minimum absolute atomic E-state index is 0.0368. The second-order valence-electron chi connectivity index (χ2n) is 4.54. The summed E-state index contributed by atoms with van der Waals surface area (Å²) in [4.78, 5) is 3.91. The van der Waals surface area contributed by atoms with Gasteiger partial charge in [-0.05, 0) is 32.4 Å². The lowest BCUT2D eigenvalue weighted by Gasteiger charge is -2.28. The van der Waals surface area contributed by atoms with Crippen molar-refractivity contribution in [1.29, 1.82) is 0 Å². The average Bonchev–Trinajstić information content (AvgIpc) is 2.28. The molecule has 1 aliphatic rings. The predicted octanol–water partition coefficient (Wildman–Crippen LogP) is 1.15. The topological polar surface area (TPSA) is 71.1 Å². The van der Waals surface area contributed by atoms with Gasteiger partial charge >= 0.3 is 0 Å². The molecule has 18 heavy (non-hydrogen) atoms. The molecule has 7 heteroatoms. The lowest BCUT2D eigenvalue weighted by atomic mass is 10.0. The van der Waals surface area contributed by atoms with Crippen molar-refractivity contribution < 1.29 is 8.42 Å². The highest BCUT2D eigenvalue weighted by molar-refractivity contribution is 7.89. The highest BCUT2D eigenvalue weighted by Crippen LogP contribution is 2.16. The van der Waals surface area contributed by atoms with E-state index in [4.69, 9.17) is 11.6 Å². The number of pyridine rings is 1. The Labute approximate surface area is 112 Å². The number of rotatable bonds is 3. The molecule has 1 fully saturated rings. The second-order valence-corrected chi connectivity index (χ2v) is 6.69. The van der Waals surface area contributed by atoms with Crippen LogP contribution in [0.3, 0.4) is 0 Å². The molecule has 2 rings (SSSR count). The van der Waals surface area contributed by atoms with E-state index in [2.05, 4.69) is 15.0 Å². The van der Waals surface area contributed by atoms with E-state index in [1.165, 1.54) is 18.5 Å². The van der Waals surface area contributed by atoms with Crippen LogP contribution in [-0.4, -0.2) is 32.0 Å². The van der Waals surface area contributed by atoms with E-state index in [1.54, 1.807) is 0 Å². The van der Waals surface area contributed by atoms with Gasteiger partial charge in [0, 0.05) is 24.5 Å². The third-order valence-corrected chi connectivity index (χ3v) is 4.63. The summed E-state index contributed by atoms with van der Waals surface area (Å²) >= 11 is 5.75. The first kappa shape index (κ1) is 13.7. The van der Waals surface area contributed by atoms with Crippen molar-refractivity contribution in [3.63, 3.8) is 0 Å². The van der Waals surface area contributed by atoms with Crippen LogP contribution in [0.15, 0.2) is 23.4 Å². The van der Waals surface area contributed by atoms with E-state index in [0.717, 1.165) is 19.4 Å². The Morgan fingerprint density at radius 3 is 2.94 bits per heavy atom. The summed E-state index contributed by atoms with van der Waals surface area (Å²) in [7, 11) is -3.53. The third kappa shape index (κ3) is 3.41. The van der Waals surface area contributed by atoms with Gasteiger partial charge in [0.2, 0.25) is 10.0 Å². The fourth-order valence-electron chi connectivity index (χ4n) is 2.07. The van der Waals surface area contributed by atoms with Gasteiger partial charge in [-0.3, -0.25) is 4.98 Å². The van der Waals surface area contributed by atoms with Gasteiger partial charge in [0.1, 0.15) is 4.90 Å². The largest absolute Gasteiger partial charge is 0.314 e. The molecule has 1 saturated heterocycles. The first-order valence-corrected chi connectivity index (χ1v) is 7.70. The zero-order valence-electron chi connectivity index (χ0n) is 10.1. The Hall–Kier alpha value is -0.690. The number of nitrogens with one attached hydrogen (secondary N) is 2. The molecule has 5 nitrogen and oxygen atoms in total. The maximum Gasteiger partial charge on any atom is 0.242 e. The molecule has 0 aliphatic carbocycles. The Balaban J connectivity index is 2.12. The van der Waals surface area contributed by atoms with Gasteiger partial charge in [0.05, 0.1) is 5.02 Å². The number of sulfonamides is 1. The summed E-state index contributed by atoms with van der Waals surface area (Å²) in [6.07, 6.45) is 4.29. The van der Waals surface area contributed by atoms with Crippen LogP contribution < -0.4 is 10.0 Å². The second kappa shape index (κ2) is 5.52. The molecule has 2 heterocycles. The van der Waals surface area contributed by atoms with E-state index < -0.39 is 10.0 Å². The van der Waals surface area contributed by atoms with Gasteiger partial charge in [-0.25, -0.2) is 13.1 Å². The van der Waals surface area contributed by atoms with Crippen molar-refractivity contribution in [1.82, 2.24) is 15.0 Å². The Morgan fingerprint density at radius 1 is 1.50 bits per heavy atom. The smallest absolute Gasteiger partial charge is 0.242 e. The van der Waals surface area contributed by atoms with Gasteiger partial charge in [0.25, 0.3) is 0 Å². The standard InChI is InChI=1S/C11H16ClN3O2S/c1-8-4-10(2-3-14-8)15-18(16,17)11-5-9(12)6-13-7-11/h5-8,10,14-15H,2-4H2,1H3. The molecule has 0 saturated carbocycles. The summed E-state index contributed by atoms with van der Waals surface area (Å²) in [6.45, 7) is 2.86. The van der Waals surface area contributed by atoms with Crippen molar-refractivity contribution in [2.24, 2.45) is 0 Å². The molecule has 0 aromatic carbocycles. The summed E-state index contributed by atoms with van der Waals surface area (Å²) in [5.41, 5.74) is 0. The molecule has 0 radical (unpaired) electrons. The molecule has 2 atom stereocenters. The van der Waals surface area contributed by atoms with Crippen LogP contribution in [0.2, 0.25) is 5.02 Å². The molecule has 1 aliphatic heterocycles. The van der Waals surface area contributed by atoms with Crippen molar-refractivity contribution in [3.8, 4) is 0 Å². The summed E-state index contributed by atoms with van der Waals surface area (Å²) in [5, 5.41) is 3.59. The zero-order valence-corrected chi connectivity index (χ0v) is 11.6. The van der Waals surface area contributed by atoms with Crippen LogP contribution in [0.25, 0.3) is 0 Å². The van der Waals surface area contributed by atoms with Crippen LogP contribution >= 0.6 is 11.6 Å². The molecule has 0 amide bonds. The Morgan fingerprint density at radius 2 is 2.28 bits per heavy atom. The van der Waals surface area contributed by atoms with E-state index >= 15 is 0 Å². The quantitative estimate of drug-likeness (QED) is 0.876. The predicted molar refractivity (Wildman–Crippen MR) is 70.1 cm³/mol. The molecular weight excluding hydrogens is 274 g/mol. The first-order valence-electron chi connectivity index (χ1n) is 5.83. The van der Waals surface area contributed by atoms with E-state index in [-0.39, 0.29) is 10.9 Å². The molecule has 1 aromatic heterocycles. The zero-order chi connectivity index (χ0) is 13.2. The number of hydrogen-bond donors (Lipinski definition) is 2. The molecule has 0 spiro atoms. The fourth-order valence-corrected chi connectivity index (χ4v) is 3.58. The maximum absolute atomic E-state index is 12.1. The SMILES string of the molecule is CC1CC(NS(=O)(=O)c2cncc(Cl)c2)CCN1. The molecule has 100 valence electrons. The Bertz CT molecular complexity index is 521. The van der Waals surface area contributed by atoms with Crippen LogP contribution in [-0.2, 0) is 10.0 Å². The molecule has 2 unspecified atom stereocenters. The number of aromatic nitrogens is 1. The van der Waals surface area contributed by atoms with Crippen molar-refractivity contribution in [2.75, 3.05) is 6.54 Å². The summed E-state index contributed by atoms with van der Waals surface area (Å²) in [5.74, 6) is 0. The van der Waals surface area contributed by atoms with Crippen molar-refractivity contribution >= 4 is 21.6 Å². The van der Waals surface area contributed by atoms with Crippen molar-refractivity contribution in [3.05, 3.63) is 23.5 Å². The minimum Gasteiger partial charge on any atom is -0.314 e. The van der Waals surface area contributed by atoms with Crippen LogP contribution in [0, 0.1) is 0 Å². The summed E-state index contributed by atoms with van der Waals surface area (Å²) in [6, 6.07) is 1.69. The normalized spacial score (nSPS) is 25.0. The molecule has 0 bridgehead atoms. The highest BCUT2D eigenvalue weighted by atomic mass is 35.5. The van der Waals surface area contributed by atoms with Crippen molar-refractivity contribution in [2.45, 2.75) is 36.7 Å². The van der Waals surface area contributed by atoms with Crippen LogP contribution in [0.5, 0.6) is 0 Å². The number of piperidine rings is 1. The summed E-state index contributed by atoms with van der Waals surface area (Å²) < 4.78 is 27.0. The van der Waals surface area contributed by atoms with Crippen LogP contribution in [0.1, 0.15) is 19.8 Å². The first-order chi connectivity index (χ1) is 8.47. The molecule has 1 aromatic rings. The van der Waals surface area contributed by atoms with Gasteiger partial charge in [0.15, 0.2) is 0 Å². The lowest BCUT2D eigenvalue weighted by Crippen LogP contribution is -2.46. The van der Waals surface area contributed by atoms with E-state index in [1.807, 2.05) is 6.92 Å². The van der Waals surface area contributed by atoms with Gasteiger partial charge in [-0.15, -0.1) is 0 Å². The number of nitrogens with zero attached hydrogens (tertiary/aromatic N) is 1. The number of hydrogen-bond acceptors (Lipinski definition) is 4. The average molecular weight is 290 g/mol. The molecule has 2 N–H and O–H groups in total. The van der Waals surface area contributed by atoms with E-state index in [9.17, 15) is 8.42 Å². The molecular formula is C11H16ClN3O2S. The minimum atomic E-state index is -3.53. The lowest BCUT2D eigenvalue weighted by molar-refractivity contribution is 0.361. The number of halogens is 1. The van der Waals surface area contributed by atoms with Gasteiger partial charge in [-0.1, -0.05) is 11.6 Å². The maximum atomic E-state index is 12.1. The fraction of sp³-hybridized carbons (Fsp3) is 0.545. The highest BCUT2D eigenvalue weighted by Gasteiger charge is 2.24.